The predicted octanol–water partition coefficient (Wildman–Crippen LogP) is 2.64. The minimum atomic E-state index is 0.513. The Labute approximate surface area is 88.0 Å². The maximum atomic E-state index is 4.12. The summed E-state index contributed by atoms with van der Waals surface area (Å²) in [5.74, 6) is 0. The molecule has 1 fully saturated rings. The van der Waals surface area contributed by atoms with E-state index in [4.69, 9.17) is 0 Å². The largest absolute Gasteiger partial charge is 0.310 e. The summed E-state index contributed by atoms with van der Waals surface area (Å²) in [6.45, 7) is 1.12. The molecule has 0 radical (unpaired) electrons. The monoisotopic (exact) mass is 290 g/mol. The summed E-state index contributed by atoms with van der Waals surface area (Å²) in [6, 6.07) is 2.56. The molecule has 0 aromatic carbocycles. The zero-order valence-corrected chi connectivity index (χ0v) is 9.52. The molecule has 1 aromatic rings. The average Bonchev–Trinajstić information content (AvgIpc) is 1.95. The van der Waals surface area contributed by atoms with Crippen LogP contribution < -0.4 is 5.32 Å². The van der Waals surface area contributed by atoms with E-state index in [1.54, 1.807) is 0 Å². The lowest BCUT2D eigenvalue weighted by molar-refractivity contribution is 0.381. The Morgan fingerprint density at radius 3 is 2.83 bits per heavy atom. The molecular weight excluding hydrogens is 284 g/mol. The molecule has 0 bridgehead atoms. The number of halogens is 2. The zero-order chi connectivity index (χ0) is 8.55. The molecule has 1 saturated heterocycles. The van der Waals surface area contributed by atoms with Gasteiger partial charge in [-0.05, 0) is 56.5 Å². The van der Waals surface area contributed by atoms with Crippen LogP contribution in [0.2, 0.25) is 0 Å². The first-order valence-corrected chi connectivity index (χ1v) is 5.41. The van der Waals surface area contributed by atoms with E-state index < -0.39 is 0 Å². The van der Waals surface area contributed by atoms with E-state index >= 15 is 0 Å². The number of hydrogen-bond acceptors (Lipinski definition) is 2. The molecule has 0 spiro atoms. The highest BCUT2D eigenvalue weighted by atomic mass is 79.9. The summed E-state index contributed by atoms with van der Waals surface area (Å²) in [5.41, 5.74) is 1.29. The molecule has 64 valence electrons. The van der Waals surface area contributed by atoms with Gasteiger partial charge < -0.3 is 5.32 Å². The van der Waals surface area contributed by atoms with Gasteiger partial charge in [0.05, 0.1) is 4.47 Å². The number of aromatic nitrogens is 1. The summed E-state index contributed by atoms with van der Waals surface area (Å²) in [6.07, 6.45) is 3.04. The molecule has 1 aliphatic rings. The minimum absolute atomic E-state index is 0.513. The van der Waals surface area contributed by atoms with Gasteiger partial charge in [-0.25, -0.2) is 4.98 Å². The Kier molecular flexibility index (Phi) is 2.48. The van der Waals surface area contributed by atoms with Crippen LogP contribution >= 0.6 is 31.9 Å². The van der Waals surface area contributed by atoms with Crippen LogP contribution in [-0.2, 0) is 0 Å². The van der Waals surface area contributed by atoms with Crippen molar-refractivity contribution in [1.82, 2.24) is 10.3 Å². The Morgan fingerprint density at radius 2 is 2.25 bits per heavy atom. The molecule has 2 rings (SSSR count). The third kappa shape index (κ3) is 1.43. The van der Waals surface area contributed by atoms with E-state index in [-0.39, 0.29) is 0 Å². The highest BCUT2D eigenvalue weighted by Crippen LogP contribution is 2.32. The minimum Gasteiger partial charge on any atom is -0.310 e. The van der Waals surface area contributed by atoms with Crippen LogP contribution in [0.5, 0.6) is 0 Å². The first-order valence-electron chi connectivity index (χ1n) is 3.82. The molecule has 2 nitrogen and oxygen atoms in total. The van der Waals surface area contributed by atoms with Crippen molar-refractivity contribution in [2.24, 2.45) is 0 Å². The summed E-state index contributed by atoms with van der Waals surface area (Å²) in [7, 11) is 0. The SMILES string of the molecule is Brc1nccc([C@@H]2CCN2)c1Br. The fourth-order valence-electron chi connectivity index (χ4n) is 1.26. The third-order valence-electron chi connectivity index (χ3n) is 2.08. The van der Waals surface area contributed by atoms with Gasteiger partial charge in [0.25, 0.3) is 0 Å². The van der Waals surface area contributed by atoms with E-state index in [0.717, 1.165) is 15.6 Å². The van der Waals surface area contributed by atoms with Crippen LogP contribution in [0.4, 0.5) is 0 Å². The number of rotatable bonds is 1. The lowest BCUT2D eigenvalue weighted by Gasteiger charge is -2.28. The van der Waals surface area contributed by atoms with Crippen molar-refractivity contribution in [3.05, 3.63) is 26.9 Å². The molecule has 1 aliphatic heterocycles. The van der Waals surface area contributed by atoms with Crippen molar-refractivity contribution in [2.45, 2.75) is 12.5 Å². The number of nitrogens with zero attached hydrogens (tertiary/aromatic N) is 1. The molecule has 1 aromatic heterocycles. The van der Waals surface area contributed by atoms with Gasteiger partial charge in [-0.15, -0.1) is 0 Å². The molecule has 0 unspecified atom stereocenters. The second-order valence-corrected chi connectivity index (χ2v) is 4.34. The highest BCUT2D eigenvalue weighted by Gasteiger charge is 2.21. The van der Waals surface area contributed by atoms with Crippen molar-refractivity contribution in [1.29, 1.82) is 0 Å². The van der Waals surface area contributed by atoms with Gasteiger partial charge in [-0.2, -0.15) is 0 Å². The quantitative estimate of drug-likeness (QED) is 0.805. The molecule has 0 saturated carbocycles. The van der Waals surface area contributed by atoms with E-state index in [1.165, 1.54) is 12.0 Å². The lowest BCUT2D eigenvalue weighted by atomic mass is 9.99. The van der Waals surface area contributed by atoms with Crippen LogP contribution in [0, 0.1) is 0 Å². The molecule has 1 N–H and O–H groups in total. The van der Waals surface area contributed by atoms with Crippen molar-refractivity contribution in [3.8, 4) is 0 Å². The number of hydrogen-bond donors (Lipinski definition) is 1. The third-order valence-corrected chi connectivity index (χ3v) is 4.04. The lowest BCUT2D eigenvalue weighted by Crippen LogP contribution is -2.35. The van der Waals surface area contributed by atoms with Crippen molar-refractivity contribution in [2.75, 3.05) is 6.54 Å². The van der Waals surface area contributed by atoms with Gasteiger partial charge in [0.15, 0.2) is 0 Å². The second kappa shape index (κ2) is 3.44. The molecular formula is C8H8Br2N2. The maximum absolute atomic E-state index is 4.12. The molecule has 12 heavy (non-hydrogen) atoms. The van der Waals surface area contributed by atoms with E-state index in [0.29, 0.717) is 6.04 Å². The zero-order valence-electron chi connectivity index (χ0n) is 6.35. The number of pyridine rings is 1. The van der Waals surface area contributed by atoms with E-state index in [2.05, 4.69) is 42.2 Å². The first-order chi connectivity index (χ1) is 5.79. The predicted molar refractivity (Wildman–Crippen MR) is 55.0 cm³/mol. The Balaban J connectivity index is 2.36. The smallest absolute Gasteiger partial charge is 0.120 e. The van der Waals surface area contributed by atoms with Crippen molar-refractivity contribution >= 4 is 31.9 Å². The Hall–Kier alpha value is 0.0700. The fraction of sp³-hybridized carbons (Fsp3) is 0.375. The molecule has 4 heteroatoms. The van der Waals surface area contributed by atoms with Gasteiger partial charge >= 0.3 is 0 Å². The summed E-state index contributed by atoms with van der Waals surface area (Å²) in [5, 5.41) is 3.35. The Morgan fingerprint density at radius 1 is 1.50 bits per heavy atom. The van der Waals surface area contributed by atoms with Gasteiger partial charge in [-0.1, -0.05) is 0 Å². The van der Waals surface area contributed by atoms with Gasteiger partial charge in [0.2, 0.25) is 0 Å². The van der Waals surface area contributed by atoms with Crippen molar-refractivity contribution < 1.29 is 0 Å². The van der Waals surface area contributed by atoms with Gasteiger partial charge in [-0.3, -0.25) is 0 Å². The summed E-state index contributed by atoms with van der Waals surface area (Å²) < 4.78 is 1.95. The van der Waals surface area contributed by atoms with Crippen LogP contribution in [0.25, 0.3) is 0 Å². The molecule has 0 aliphatic carbocycles. The highest BCUT2D eigenvalue weighted by molar-refractivity contribution is 9.13. The summed E-state index contributed by atoms with van der Waals surface area (Å²) in [4.78, 5) is 4.12. The summed E-state index contributed by atoms with van der Waals surface area (Å²) >= 11 is 6.89. The van der Waals surface area contributed by atoms with Crippen LogP contribution in [0.1, 0.15) is 18.0 Å². The molecule has 0 amide bonds. The second-order valence-electron chi connectivity index (χ2n) is 2.80. The Bertz CT molecular complexity index is 297. The topological polar surface area (TPSA) is 24.9 Å². The first kappa shape index (κ1) is 8.66. The van der Waals surface area contributed by atoms with Crippen LogP contribution in [0.15, 0.2) is 21.3 Å². The van der Waals surface area contributed by atoms with Crippen LogP contribution in [0.3, 0.4) is 0 Å². The van der Waals surface area contributed by atoms with Crippen molar-refractivity contribution in [3.63, 3.8) is 0 Å². The normalized spacial score (nSPS) is 22.0. The van der Waals surface area contributed by atoms with Gasteiger partial charge in [0, 0.05) is 12.2 Å². The van der Waals surface area contributed by atoms with Gasteiger partial charge in [0.1, 0.15) is 4.60 Å². The fourth-order valence-corrected chi connectivity index (χ4v) is 2.11. The van der Waals surface area contributed by atoms with Crippen LogP contribution in [-0.4, -0.2) is 11.5 Å². The van der Waals surface area contributed by atoms with E-state index in [1.807, 2.05) is 12.3 Å². The standard InChI is InChI=1S/C8H8Br2N2/c9-7-5(6-2-4-11-6)1-3-12-8(7)10/h1,3,6,11H,2,4H2/t6-/m0/s1. The number of nitrogens with one attached hydrogen (secondary N) is 1. The van der Waals surface area contributed by atoms with E-state index in [9.17, 15) is 0 Å². The average molecular weight is 292 g/mol. The molecule has 2 heterocycles. The maximum Gasteiger partial charge on any atom is 0.120 e. The molecule has 1 atom stereocenters.